The van der Waals surface area contributed by atoms with Crippen LogP contribution in [-0.4, -0.2) is 37.0 Å². The smallest absolute Gasteiger partial charge is 0.308 e. The summed E-state index contributed by atoms with van der Waals surface area (Å²) in [7, 11) is 1.42. The number of hydrogen-bond donors (Lipinski definition) is 0. The first-order valence-electron chi connectivity index (χ1n) is 5.61. The molecule has 0 radical (unpaired) electrons. The highest BCUT2D eigenvalue weighted by atomic mass is 16.7. The lowest BCUT2D eigenvalue weighted by Gasteiger charge is -2.24. The van der Waals surface area contributed by atoms with Crippen molar-refractivity contribution in [3.63, 3.8) is 0 Å². The van der Waals surface area contributed by atoms with Crippen LogP contribution in [0, 0.1) is 0 Å². The predicted octanol–water partition coefficient (Wildman–Crippen LogP) is 1.03. The van der Waals surface area contributed by atoms with Crippen LogP contribution in [0.5, 0.6) is 0 Å². The van der Waals surface area contributed by atoms with E-state index in [4.69, 9.17) is 14.2 Å². The fourth-order valence-electron chi connectivity index (χ4n) is 3.22. The maximum Gasteiger partial charge on any atom is 0.308 e. The van der Waals surface area contributed by atoms with E-state index in [-0.39, 0.29) is 23.3 Å². The van der Waals surface area contributed by atoms with E-state index >= 15 is 0 Å². The van der Waals surface area contributed by atoms with Crippen LogP contribution in [0.15, 0.2) is 0 Å². The van der Waals surface area contributed by atoms with Crippen molar-refractivity contribution in [2.24, 2.45) is 0 Å². The Labute approximate surface area is 88.9 Å². The second kappa shape index (κ2) is 2.95. The van der Waals surface area contributed by atoms with Crippen molar-refractivity contribution >= 4 is 5.97 Å². The average molecular weight is 212 g/mol. The van der Waals surface area contributed by atoms with Gasteiger partial charge in [-0.05, 0) is 12.8 Å². The summed E-state index contributed by atoms with van der Waals surface area (Å²) >= 11 is 0. The Balaban J connectivity index is 1.77. The molecular weight excluding hydrogens is 196 g/mol. The summed E-state index contributed by atoms with van der Waals surface area (Å²) in [4.78, 5) is 11.3. The number of rotatable bonds is 2. The maximum absolute atomic E-state index is 11.3. The van der Waals surface area contributed by atoms with Crippen LogP contribution in [0.4, 0.5) is 0 Å². The van der Waals surface area contributed by atoms with Crippen LogP contribution in [0.2, 0.25) is 0 Å². The van der Waals surface area contributed by atoms with E-state index in [1.807, 2.05) is 0 Å². The van der Waals surface area contributed by atoms with E-state index in [0.717, 1.165) is 12.8 Å². The Morgan fingerprint density at radius 2 is 2.40 bits per heavy atom. The van der Waals surface area contributed by atoms with Crippen molar-refractivity contribution in [1.82, 2.24) is 0 Å². The summed E-state index contributed by atoms with van der Waals surface area (Å²) in [6.07, 6.45) is 5.07. The summed E-state index contributed by atoms with van der Waals surface area (Å²) in [6.45, 7) is 0.562. The van der Waals surface area contributed by atoms with Gasteiger partial charge in [0.05, 0.1) is 26.2 Å². The molecule has 3 aliphatic rings. The molecule has 0 amide bonds. The van der Waals surface area contributed by atoms with Gasteiger partial charge in [0.2, 0.25) is 0 Å². The molecule has 1 spiro atoms. The highest BCUT2D eigenvalue weighted by Crippen LogP contribution is 2.63. The molecule has 15 heavy (non-hydrogen) atoms. The number of carbonyl (C=O) groups is 1. The molecule has 3 fully saturated rings. The van der Waals surface area contributed by atoms with Crippen LogP contribution in [0.1, 0.15) is 32.1 Å². The number of methoxy groups -OCH3 is 1. The van der Waals surface area contributed by atoms with Crippen LogP contribution < -0.4 is 0 Å². The molecule has 0 unspecified atom stereocenters. The van der Waals surface area contributed by atoms with E-state index in [0.29, 0.717) is 13.0 Å². The van der Waals surface area contributed by atoms with Gasteiger partial charge in [0.25, 0.3) is 0 Å². The van der Waals surface area contributed by atoms with Crippen molar-refractivity contribution in [1.29, 1.82) is 0 Å². The van der Waals surface area contributed by atoms with Gasteiger partial charge < -0.3 is 14.2 Å². The van der Waals surface area contributed by atoms with Crippen molar-refractivity contribution < 1.29 is 19.0 Å². The Morgan fingerprint density at radius 3 is 3.20 bits per heavy atom. The lowest BCUT2D eigenvalue weighted by Crippen LogP contribution is -2.35. The third-order valence-electron chi connectivity index (χ3n) is 4.07. The van der Waals surface area contributed by atoms with E-state index < -0.39 is 0 Å². The molecule has 0 bridgehead atoms. The zero-order chi connectivity index (χ0) is 10.5. The minimum atomic E-state index is -0.342. The van der Waals surface area contributed by atoms with Crippen molar-refractivity contribution in [2.75, 3.05) is 13.7 Å². The maximum atomic E-state index is 11.3. The molecule has 2 saturated heterocycles. The molecule has 2 aliphatic heterocycles. The monoisotopic (exact) mass is 212 g/mol. The minimum Gasteiger partial charge on any atom is -0.469 e. The zero-order valence-electron chi connectivity index (χ0n) is 8.95. The van der Waals surface area contributed by atoms with Crippen molar-refractivity contribution in [2.45, 2.75) is 49.4 Å². The van der Waals surface area contributed by atoms with Gasteiger partial charge in [0, 0.05) is 0 Å². The molecule has 1 saturated carbocycles. The fourth-order valence-corrected chi connectivity index (χ4v) is 3.22. The van der Waals surface area contributed by atoms with Gasteiger partial charge in [-0.25, -0.2) is 0 Å². The Bertz CT molecular complexity index is 303. The van der Waals surface area contributed by atoms with Gasteiger partial charge in [-0.15, -0.1) is 0 Å². The van der Waals surface area contributed by atoms with Crippen molar-refractivity contribution in [3.8, 4) is 0 Å². The zero-order valence-corrected chi connectivity index (χ0v) is 8.95. The van der Waals surface area contributed by atoms with Crippen molar-refractivity contribution in [3.05, 3.63) is 0 Å². The molecule has 0 aromatic heterocycles. The average Bonchev–Trinajstić information content (AvgIpc) is 2.75. The van der Waals surface area contributed by atoms with E-state index in [2.05, 4.69) is 0 Å². The lowest BCUT2D eigenvalue weighted by molar-refractivity contribution is -0.142. The first-order chi connectivity index (χ1) is 7.22. The van der Waals surface area contributed by atoms with Crippen LogP contribution in [0.25, 0.3) is 0 Å². The third kappa shape index (κ3) is 1.12. The van der Waals surface area contributed by atoms with E-state index in [9.17, 15) is 4.79 Å². The largest absolute Gasteiger partial charge is 0.469 e. The first kappa shape index (κ1) is 9.60. The summed E-state index contributed by atoms with van der Waals surface area (Å²) in [5.41, 5.74) is -0.482. The molecule has 84 valence electrons. The Morgan fingerprint density at radius 1 is 1.53 bits per heavy atom. The van der Waals surface area contributed by atoms with Gasteiger partial charge >= 0.3 is 5.97 Å². The third-order valence-corrected chi connectivity index (χ3v) is 4.07. The van der Waals surface area contributed by atoms with Crippen LogP contribution in [-0.2, 0) is 19.0 Å². The summed E-state index contributed by atoms with van der Waals surface area (Å²) in [5, 5.41) is 0. The fraction of sp³-hybridized carbons (Fsp3) is 0.909. The molecule has 3 atom stereocenters. The number of esters is 1. The second-order valence-corrected chi connectivity index (χ2v) is 4.78. The van der Waals surface area contributed by atoms with Gasteiger partial charge in [-0.2, -0.15) is 0 Å². The summed E-state index contributed by atoms with van der Waals surface area (Å²) in [5.74, 6) is -0.193. The summed E-state index contributed by atoms with van der Waals surface area (Å²) < 4.78 is 16.3. The summed E-state index contributed by atoms with van der Waals surface area (Å²) in [6, 6.07) is 0. The van der Waals surface area contributed by atoms with Crippen LogP contribution >= 0.6 is 0 Å². The predicted molar refractivity (Wildman–Crippen MR) is 51.4 cm³/mol. The number of epoxide rings is 1. The Kier molecular flexibility index (Phi) is 1.89. The topological polar surface area (TPSA) is 48.1 Å². The standard InChI is InChI=1S/C11H16O4/c1-13-9(12)6-10-7-14-8-4-2-3-5-11(8,10)15-10/h8H,2-7H2,1H3/t8-,10-,11+/m0/s1. The van der Waals surface area contributed by atoms with Gasteiger partial charge in [-0.1, -0.05) is 12.8 Å². The molecule has 1 aliphatic carbocycles. The Hall–Kier alpha value is -0.610. The van der Waals surface area contributed by atoms with Gasteiger partial charge in [0.1, 0.15) is 11.2 Å². The molecule has 0 aromatic carbocycles. The molecule has 4 nitrogen and oxygen atoms in total. The quantitative estimate of drug-likeness (QED) is 0.506. The van der Waals surface area contributed by atoms with Crippen LogP contribution in [0.3, 0.4) is 0 Å². The lowest BCUT2D eigenvalue weighted by atomic mass is 9.79. The second-order valence-electron chi connectivity index (χ2n) is 4.78. The highest BCUT2D eigenvalue weighted by molar-refractivity contribution is 5.72. The number of carbonyl (C=O) groups excluding carboxylic acids is 1. The molecule has 0 N–H and O–H groups in total. The number of ether oxygens (including phenoxy) is 3. The molecule has 0 aromatic rings. The molecule has 2 heterocycles. The van der Waals surface area contributed by atoms with Gasteiger partial charge in [0.15, 0.2) is 0 Å². The number of hydrogen-bond acceptors (Lipinski definition) is 4. The van der Waals surface area contributed by atoms with E-state index in [1.165, 1.54) is 20.0 Å². The van der Waals surface area contributed by atoms with E-state index in [1.54, 1.807) is 0 Å². The highest BCUT2D eigenvalue weighted by Gasteiger charge is 2.78. The minimum absolute atomic E-state index is 0.139. The SMILES string of the molecule is COC(=O)C[C@]12CO[C@H]3CCCC[C@@]31O2. The molecule has 3 rings (SSSR count). The molecule has 4 heteroatoms. The normalized spacial score (nSPS) is 46.9. The van der Waals surface area contributed by atoms with Gasteiger partial charge in [-0.3, -0.25) is 4.79 Å². The molecular formula is C11H16O4. The first-order valence-corrected chi connectivity index (χ1v) is 5.61.